The molecule has 0 radical (unpaired) electrons. The summed E-state index contributed by atoms with van der Waals surface area (Å²) in [5, 5.41) is 0. The molecule has 3 nitrogen and oxygen atoms in total. The molecule has 1 aromatic rings. The van der Waals surface area contributed by atoms with Crippen molar-refractivity contribution in [2.45, 2.75) is 13.8 Å². The van der Waals surface area contributed by atoms with Crippen molar-refractivity contribution in [2.24, 2.45) is 0 Å². The number of anilines is 2. The Morgan fingerprint density at radius 2 is 1.79 bits per heavy atom. The van der Waals surface area contributed by atoms with Crippen molar-refractivity contribution in [3.05, 3.63) is 23.8 Å². The van der Waals surface area contributed by atoms with E-state index in [1.54, 1.807) is 18.9 Å². The number of benzene rings is 1. The van der Waals surface area contributed by atoms with Crippen molar-refractivity contribution >= 4 is 40.5 Å². The average Bonchev–Trinajstić information content (AvgIpc) is 2.38. The molecule has 0 saturated heterocycles. The molecule has 0 bridgehead atoms. The number of aryl methyl sites for hydroxylation is 1. The summed E-state index contributed by atoms with van der Waals surface area (Å²) in [6.07, 6.45) is 0. The second-order valence-electron chi connectivity index (χ2n) is 4.41. The van der Waals surface area contributed by atoms with E-state index in [1.807, 2.05) is 25.1 Å². The van der Waals surface area contributed by atoms with Gasteiger partial charge in [0.2, 0.25) is 5.91 Å². The van der Waals surface area contributed by atoms with Gasteiger partial charge in [0.25, 0.3) is 0 Å². The summed E-state index contributed by atoms with van der Waals surface area (Å²) in [4.78, 5) is 15.3. The molecule has 0 fully saturated rings. The standard InChI is InChI=1S/C14H20Cl2N2O/c1-11-4-5-13(18(8-6-15)9-7-16)10-14(11)17(3)12(2)19/h4-5,10H,6-9H2,1-3H3. The van der Waals surface area contributed by atoms with E-state index in [1.165, 1.54) is 0 Å². The fraction of sp³-hybridized carbons (Fsp3) is 0.500. The van der Waals surface area contributed by atoms with Gasteiger partial charge in [-0.2, -0.15) is 0 Å². The van der Waals surface area contributed by atoms with Crippen molar-refractivity contribution < 1.29 is 4.79 Å². The van der Waals surface area contributed by atoms with Crippen molar-refractivity contribution in [3.63, 3.8) is 0 Å². The lowest BCUT2D eigenvalue weighted by atomic mass is 10.1. The third kappa shape index (κ3) is 4.29. The van der Waals surface area contributed by atoms with Gasteiger partial charge in [0, 0.05) is 50.2 Å². The van der Waals surface area contributed by atoms with E-state index in [2.05, 4.69) is 4.90 Å². The van der Waals surface area contributed by atoms with Gasteiger partial charge >= 0.3 is 0 Å². The normalized spacial score (nSPS) is 10.4. The minimum Gasteiger partial charge on any atom is -0.369 e. The van der Waals surface area contributed by atoms with Gasteiger partial charge in [-0.15, -0.1) is 23.2 Å². The van der Waals surface area contributed by atoms with Gasteiger partial charge in [0.05, 0.1) is 0 Å². The Labute approximate surface area is 125 Å². The van der Waals surface area contributed by atoms with E-state index < -0.39 is 0 Å². The molecular formula is C14H20Cl2N2O. The number of nitrogens with zero attached hydrogens (tertiary/aromatic N) is 2. The van der Waals surface area contributed by atoms with Gasteiger partial charge < -0.3 is 9.80 Å². The molecule has 0 spiro atoms. The lowest BCUT2D eigenvalue weighted by Gasteiger charge is -2.26. The number of hydrogen-bond donors (Lipinski definition) is 0. The van der Waals surface area contributed by atoms with Crippen molar-refractivity contribution in [1.82, 2.24) is 0 Å². The first-order valence-electron chi connectivity index (χ1n) is 6.23. The van der Waals surface area contributed by atoms with Gasteiger partial charge in [-0.3, -0.25) is 4.79 Å². The Morgan fingerprint density at radius 3 is 2.26 bits per heavy atom. The Kier molecular flexibility index (Phi) is 6.46. The van der Waals surface area contributed by atoms with Crippen LogP contribution in [0.2, 0.25) is 0 Å². The van der Waals surface area contributed by atoms with E-state index in [4.69, 9.17) is 23.2 Å². The first-order chi connectivity index (χ1) is 9.01. The average molecular weight is 303 g/mol. The van der Waals surface area contributed by atoms with Crippen LogP contribution in [0, 0.1) is 6.92 Å². The Balaban J connectivity index is 3.08. The number of carbonyl (C=O) groups is 1. The smallest absolute Gasteiger partial charge is 0.223 e. The monoisotopic (exact) mass is 302 g/mol. The maximum Gasteiger partial charge on any atom is 0.223 e. The zero-order valence-electron chi connectivity index (χ0n) is 11.6. The van der Waals surface area contributed by atoms with Gasteiger partial charge in [0.15, 0.2) is 0 Å². The molecular weight excluding hydrogens is 283 g/mol. The van der Waals surface area contributed by atoms with E-state index in [-0.39, 0.29) is 5.91 Å². The second-order valence-corrected chi connectivity index (χ2v) is 5.17. The fourth-order valence-corrected chi connectivity index (χ4v) is 2.31. The highest BCUT2D eigenvalue weighted by atomic mass is 35.5. The van der Waals surface area contributed by atoms with E-state index in [9.17, 15) is 4.79 Å². The molecule has 0 aromatic heterocycles. The quantitative estimate of drug-likeness (QED) is 0.753. The molecule has 0 aliphatic carbocycles. The topological polar surface area (TPSA) is 23.6 Å². The number of halogens is 2. The van der Waals surface area contributed by atoms with Gasteiger partial charge in [-0.05, 0) is 24.6 Å². The molecule has 1 rings (SSSR count). The molecule has 106 valence electrons. The molecule has 19 heavy (non-hydrogen) atoms. The predicted molar refractivity (Wildman–Crippen MR) is 83.9 cm³/mol. The summed E-state index contributed by atoms with van der Waals surface area (Å²) in [7, 11) is 1.78. The van der Waals surface area contributed by atoms with Crippen LogP contribution in [0.15, 0.2) is 18.2 Å². The van der Waals surface area contributed by atoms with E-state index in [0.717, 1.165) is 30.0 Å². The zero-order chi connectivity index (χ0) is 14.4. The number of alkyl halides is 2. The molecule has 1 amide bonds. The maximum absolute atomic E-state index is 11.5. The van der Waals surface area contributed by atoms with Crippen LogP contribution in [0.3, 0.4) is 0 Å². The summed E-state index contributed by atoms with van der Waals surface area (Å²) < 4.78 is 0. The first kappa shape index (κ1) is 16.1. The van der Waals surface area contributed by atoms with Crippen LogP contribution in [0.1, 0.15) is 12.5 Å². The van der Waals surface area contributed by atoms with Crippen molar-refractivity contribution in [3.8, 4) is 0 Å². The number of hydrogen-bond acceptors (Lipinski definition) is 2. The minimum absolute atomic E-state index is 0.0153. The highest BCUT2D eigenvalue weighted by molar-refractivity contribution is 6.18. The maximum atomic E-state index is 11.5. The molecule has 1 aromatic carbocycles. The van der Waals surface area contributed by atoms with Crippen molar-refractivity contribution in [2.75, 3.05) is 41.7 Å². The third-order valence-electron chi connectivity index (χ3n) is 3.10. The summed E-state index contributed by atoms with van der Waals surface area (Å²) in [5.41, 5.74) is 3.02. The summed E-state index contributed by atoms with van der Waals surface area (Å²) in [6, 6.07) is 6.06. The zero-order valence-corrected chi connectivity index (χ0v) is 13.1. The van der Waals surface area contributed by atoms with Crippen LogP contribution in [0.5, 0.6) is 0 Å². The second kappa shape index (κ2) is 7.61. The minimum atomic E-state index is 0.0153. The summed E-state index contributed by atoms with van der Waals surface area (Å²) in [6.45, 7) is 5.02. The summed E-state index contributed by atoms with van der Waals surface area (Å²) in [5.74, 6) is 1.10. The lowest BCUT2D eigenvalue weighted by Crippen LogP contribution is -2.28. The molecule has 0 N–H and O–H groups in total. The number of amides is 1. The van der Waals surface area contributed by atoms with Crippen LogP contribution < -0.4 is 9.80 Å². The molecule has 0 atom stereocenters. The Bertz CT molecular complexity index is 431. The van der Waals surface area contributed by atoms with Crippen LogP contribution >= 0.6 is 23.2 Å². The third-order valence-corrected chi connectivity index (χ3v) is 3.44. The van der Waals surface area contributed by atoms with Crippen LogP contribution in [0.25, 0.3) is 0 Å². The lowest BCUT2D eigenvalue weighted by molar-refractivity contribution is -0.116. The van der Waals surface area contributed by atoms with Gasteiger partial charge in [0.1, 0.15) is 0 Å². The molecule has 0 saturated carbocycles. The highest BCUT2D eigenvalue weighted by Crippen LogP contribution is 2.26. The van der Waals surface area contributed by atoms with Crippen molar-refractivity contribution in [1.29, 1.82) is 0 Å². The number of carbonyl (C=O) groups excluding carboxylic acids is 1. The SMILES string of the molecule is CC(=O)N(C)c1cc(N(CCCl)CCCl)ccc1C. The predicted octanol–water partition coefficient (Wildman–Crippen LogP) is 3.26. The van der Waals surface area contributed by atoms with E-state index in [0.29, 0.717) is 11.8 Å². The number of rotatable bonds is 6. The molecule has 0 unspecified atom stereocenters. The first-order valence-corrected chi connectivity index (χ1v) is 7.30. The van der Waals surface area contributed by atoms with Crippen LogP contribution in [-0.2, 0) is 4.79 Å². The van der Waals surface area contributed by atoms with Crippen LogP contribution in [-0.4, -0.2) is 37.8 Å². The van der Waals surface area contributed by atoms with Crippen LogP contribution in [0.4, 0.5) is 11.4 Å². The summed E-state index contributed by atoms with van der Waals surface area (Å²) >= 11 is 11.6. The molecule has 5 heteroatoms. The highest BCUT2D eigenvalue weighted by Gasteiger charge is 2.12. The Morgan fingerprint density at radius 1 is 1.21 bits per heavy atom. The van der Waals surface area contributed by atoms with Gasteiger partial charge in [-0.1, -0.05) is 6.07 Å². The van der Waals surface area contributed by atoms with Gasteiger partial charge in [-0.25, -0.2) is 0 Å². The molecule has 0 aliphatic rings. The van der Waals surface area contributed by atoms with E-state index >= 15 is 0 Å². The molecule has 0 heterocycles. The fourth-order valence-electron chi connectivity index (χ4n) is 1.90. The molecule has 0 aliphatic heterocycles. The largest absolute Gasteiger partial charge is 0.369 e. The Hall–Kier alpha value is -0.930.